The molecule has 1 atom stereocenters. The van der Waals surface area contributed by atoms with Crippen LogP contribution in [0, 0.1) is 0 Å². The fourth-order valence-corrected chi connectivity index (χ4v) is 2.32. The molecule has 0 saturated heterocycles. The van der Waals surface area contributed by atoms with Crippen molar-refractivity contribution in [1.29, 1.82) is 0 Å². The van der Waals surface area contributed by atoms with E-state index >= 15 is 0 Å². The van der Waals surface area contributed by atoms with Crippen LogP contribution in [0.15, 0.2) is 51.6 Å². The van der Waals surface area contributed by atoms with E-state index in [1.54, 1.807) is 35.6 Å². The van der Waals surface area contributed by atoms with E-state index in [0.29, 0.717) is 18.0 Å². The van der Waals surface area contributed by atoms with Gasteiger partial charge in [-0.3, -0.25) is 4.79 Å². The van der Waals surface area contributed by atoms with Crippen LogP contribution in [0.1, 0.15) is 12.2 Å². The minimum atomic E-state index is -1.28. The maximum Gasteiger partial charge on any atom is 0.283 e. The van der Waals surface area contributed by atoms with Gasteiger partial charge in [0.2, 0.25) is 0 Å². The van der Waals surface area contributed by atoms with Gasteiger partial charge in [-0.15, -0.1) is 0 Å². The van der Waals surface area contributed by atoms with Crippen molar-refractivity contribution in [3.8, 4) is 0 Å². The number of quaternary nitrogens is 1. The molecular formula is C15H15BrN2O4. The lowest BCUT2D eigenvalue weighted by atomic mass is 10.1. The molecule has 1 amide bonds. The summed E-state index contributed by atoms with van der Waals surface area (Å²) in [5.41, 5.74) is 0.585. The van der Waals surface area contributed by atoms with Crippen LogP contribution in [0.5, 0.6) is 0 Å². The number of nitrogens with two attached hydrogens (primary N) is 1. The van der Waals surface area contributed by atoms with E-state index < -0.39 is 17.9 Å². The van der Waals surface area contributed by atoms with Crippen molar-refractivity contribution in [2.45, 2.75) is 19.0 Å². The Kier molecular flexibility index (Phi) is 5.74. The molecule has 22 heavy (non-hydrogen) atoms. The normalized spacial score (nSPS) is 11.9. The third-order valence-electron chi connectivity index (χ3n) is 3.04. The molecule has 3 N–H and O–H groups in total. The second kappa shape index (κ2) is 7.77. The number of carbonyl (C=O) groups is 2. The monoisotopic (exact) mass is 366 g/mol. The van der Waals surface area contributed by atoms with Gasteiger partial charge in [-0.05, 0) is 40.2 Å². The molecule has 1 aromatic heterocycles. The first-order valence-electron chi connectivity index (χ1n) is 6.67. The number of benzene rings is 1. The zero-order valence-corrected chi connectivity index (χ0v) is 13.2. The van der Waals surface area contributed by atoms with Crippen LogP contribution in [0.2, 0.25) is 0 Å². The van der Waals surface area contributed by atoms with E-state index in [-0.39, 0.29) is 6.42 Å². The maximum atomic E-state index is 12.3. The standard InChI is InChI=1S/C15H15BrN2O4/c16-11-5-1-2-6-12(11)18-15(21)13(8-14(19)20)17-9-10-4-3-7-22-10/h1-7,13,17H,8-9H2,(H,18,21)(H,19,20)/t13-/m1/s1. The Hall–Kier alpha value is -2.12. The SMILES string of the molecule is O=C([O-])C[C@@H]([NH2+]Cc1ccco1)C(=O)Nc1ccccc1Br. The fraction of sp³-hybridized carbons (Fsp3) is 0.200. The van der Waals surface area contributed by atoms with Gasteiger partial charge >= 0.3 is 0 Å². The number of anilines is 1. The topological polar surface area (TPSA) is 99.0 Å². The molecular weight excluding hydrogens is 352 g/mol. The highest BCUT2D eigenvalue weighted by molar-refractivity contribution is 9.10. The van der Waals surface area contributed by atoms with Crippen molar-refractivity contribution in [1.82, 2.24) is 0 Å². The number of aliphatic carboxylic acids is 1. The summed E-state index contributed by atoms with van der Waals surface area (Å²) in [5.74, 6) is -1.01. The summed E-state index contributed by atoms with van der Waals surface area (Å²) in [6.45, 7) is 0.369. The van der Waals surface area contributed by atoms with Gasteiger partial charge in [0, 0.05) is 16.9 Å². The van der Waals surface area contributed by atoms with Gasteiger partial charge in [0.15, 0.2) is 11.8 Å². The van der Waals surface area contributed by atoms with Gasteiger partial charge in [0.05, 0.1) is 12.0 Å². The molecule has 0 fully saturated rings. The molecule has 2 rings (SSSR count). The van der Waals surface area contributed by atoms with Crippen LogP contribution < -0.4 is 15.7 Å². The van der Waals surface area contributed by atoms with Crippen molar-refractivity contribution >= 4 is 33.5 Å². The molecule has 1 aromatic carbocycles. The number of amides is 1. The number of para-hydroxylation sites is 1. The maximum absolute atomic E-state index is 12.3. The molecule has 6 nitrogen and oxygen atoms in total. The van der Waals surface area contributed by atoms with Gasteiger partial charge in [-0.25, -0.2) is 0 Å². The predicted molar refractivity (Wildman–Crippen MR) is 80.5 cm³/mol. The average Bonchev–Trinajstić information content (AvgIpc) is 2.98. The Morgan fingerprint density at radius 1 is 1.27 bits per heavy atom. The number of carboxylic acids is 1. The molecule has 0 aliphatic heterocycles. The lowest BCUT2D eigenvalue weighted by Crippen LogP contribution is -2.91. The largest absolute Gasteiger partial charge is 0.550 e. The highest BCUT2D eigenvalue weighted by Crippen LogP contribution is 2.21. The van der Waals surface area contributed by atoms with Gasteiger partial charge in [0.1, 0.15) is 6.54 Å². The summed E-state index contributed by atoms with van der Waals surface area (Å²) >= 11 is 3.33. The Balaban J connectivity index is 2.02. The summed E-state index contributed by atoms with van der Waals surface area (Å²) in [5, 5.41) is 15.2. The summed E-state index contributed by atoms with van der Waals surface area (Å²) in [6.07, 6.45) is 1.15. The van der Waals surface area contributed by atoms with Crippen LogP contribution >= 0.6 is 15.9 Å². The van der Waals surface area contributed by atoms with Crippen molar-refractivity contribution < 1.29 is 24.4 Å². The third kappa shape index (κ3) is 4.71. The van der Waals surface area contributed by atoms with E-state index in [9.17, 15) is 14.7 Å². The molecule has 0 unspecified atom stereocenters. The van der Waals surface area contributed by atoms with Gasteiger partial charge in [-0.1, -0.05) is 12.1 Å². The Morgan fingerprint density at radius 2 is 2.05 bits per heavy atom. The fourth-order valence-electron chi connectivity index (χ4n) is 1.94. The number of halogens is 1. The van der Waals surface area contributed by atoms with Crippen LogP contribution in [0.25, 0.3) is 0 Å². The highest BCUT2D eigenvalue weighted by Gasteiger charge is 2.23. The first-order valence-corrected chi connectivity index (χ1v) is 7.46. The quantitative estimate of drug-likeness (QED) is 0.733. The van der Waals surface area contributed by atoms with Crippen molar-refractivity contribution in [3.63, 3.8) is 0 Å². The van der Waals surface area contributed by atoms with E-state index in [1.165, 1.54) is 6.26 Å². The number of rotatable bonds is 7. The summed E-state index contributed by atoms with van der Waals surface area (Å²) in [6, 6.07) is 9.81. The minimum absolute atomic E-state index is 0.369. The molecule has 0 spiro atoms. The molecule has 0 radical (unpaired) electrons. The summed E-state index contributed by atoms with van der Waals surface area (Å²) < 4.78 is 5.90. The number of hydrogen-bond donors (Lipinski definition) is 2. The smallest absolute Gasteiger partial charge is 0.283 e. The zero-order chi connectivity index (χ0) is 15.9. The Bertz CT molecular complexity index is 643. The van der Waals surface area contributed by atoms with E-state index in [0.717, 1.165) is 4.47 Å². The van der Waals surface area contributed by atoms with Gasteiger partial charge in [-0.2, -0.15) is 0 Å². The minimum Gasteiger partial charge on any atom is -0.550 e. The van der Waals surface area contributed by atoms with Crippen LogP contribution in [-0.2, 0) is 16.1 Å². The second-order valence-electron chi connectivity index (χ2n) is 4.67. The molecule has 7 heteroatoms. The second-order valence-corrected chi connectivity index (χ2v) is 5.53. The molecule has 0 aliphatic rings. The van der Waals surface area contributed by atoms with E-state index in [2.05, 4.69) is 21.2 Å². The molecule has 0 saturated carbocycles. The van der Waals surface area contributed by atoms with E-state index in [4.69, 9.17) is 4.42 Å². The first kappa shape index (κ1) is 16.3. The van der Waals surface area contributed by atoms with Crippen molar-refractivity contribution in [2.75, 3.05) is 5.32 Å². The van der Waals surface area contributed by atoms with Crippen molar-refractivity contribution in [2.24, 2.45) is 0 Å². The average molecular weight is 367 g/mol. The molecule has 1 heterocycles. The van der Waals surface area contributed by atoms with Gasteiger partial charge < -0.3 is 25.0 Å². The summed E-state index contributed by atoms with van der Waals surface area (Å²) in [7, 11) is 0. The highest BCUT2D eigenvalue weighted by atomic mass is 79.9. The zero-order valence-electron chi connectivity index (χ0n) is 11.6. The Morgan fingerprint density at radius 3 is 2.68 bits per heavy atom. The first-order chi connectivity index (χ1) is 10.6. The lowest BCUT2D eigenvalue weighted by molar-refractivity contribution is -0.693. The number of carboxylic acid groups (broad SMARTS) is 1. The molecule has 0 bridgehead atoms. The molecule has 0 aliphatic carbocycles. The Labute approximate surface area is 135 Å². The lowest BCUT2D eigenvalue weighted by Gasteiger charge is -2.16. The predicted octanol–water partition coefficient (Wildman–Crippen LogP) is 0.253. The van der Waals surface area contributed by atoms with E-state index in [1.807, 2.05) is 6.07 Å². The number of hydrogen-bond acceptors (Lipinski definition) is 4. The number of carbonyl (C=O) groups excluding carboxylic acids is 2. The molecule has 2 aromatic rings. The van der Waals surface area contributed by atoms with Crippen LogP contribution in [0.3, 0.4) is 0 Å². The van der Waals surface area contributed by atoms with Crippen LogP contribution in [0.4, 0.5) is 5.69 Å². The van der Waals surface area contributed by atoms with Crippen LogP contribution in [-0.4, -0.2) is 17.9 Å². The number of furan rings is 1. The van der Waals surface area contributed by atoms with Crippen molar-refractivity contribution in [3.05, 3.63) is 52.9 Å². The molecule has 116 valence electrons. The summed E-state index contributed by atoms with van der Waals surface area (Å²) in [4.78, 5) is 23.1. The number of nitrogens with one attached hydrogen (secondary N) is 1. The van der Waals surface area contributed by atoms with Gasteiger partial charge in [0.25, 0.3) is 5.91 Å². The third-order valence-corrected chi connectivity index (χ3v) is 3.73.